The van der Waals surface area contributed by atoms with Gasteiger partial charge in [-0.1, -0.05) is 18.0 Å². The number of nitrogens with two attached hydrogens (primary N) is 1. The van der Waals surface area contributed by atoms with Gasteiger partial charge in [0.05, 0.1) is 6.21 Å². The number of oxime groups is 1. The summed E-state index contributed by atoms with van der Waals surface area (Å²) in [7, 11) is 0. The maximum Gasteiger partial charge on any atom is 0.254 e. The zero-order chi connectivity index (χ0) is 18.6. The van der Waals surface area contributed by atoms with Crippen molar-refractivity contribution in [2.24, 2.45) is 10.9 Å². The Morgan fingerprint density at radius 1 is 0.929 bits per heavy atom. The molecule has 154 valence electrons. The van der Waals surface area contributed by atoms with Crippen LogP contribution in [0.2, 0.25) is 0 Å². The molecule has 0 unspecified atom stereocenters. The van der Waals surface area contributed by atoms with Crippen molar-refractivity contribution >= 4 is 12.1 Å². The van der Waals surface area contributed by atoms with Gasteiger partial charge in [0.15, 0.2) is 24.8 Å². The lowest BCUT2D eigenvalue weighted by atomic mass is 10.1. The van der Waals surface area contributed by atoms with Gasteiger partial charge in [-0.05, 0) is 18.9 Å². The fraction of sp³-hybridized carbons (Fsp3) is 0.400. The predicted molar refractivity (Wildman–Crippen MR) is 98.9 cm³/mol. The van der Waals surface area contributed by atoms with Crippen molar-refractivity contribution in [2.45, 2.75) is 51.6 Å². The minimum Gasteiger partial charge on any atom is -1.00 e. The molecule has 0 aromatic carbocycles. The number of pyridine rings is 2. The lowest BCUT2D eigenvalue weighted by molar-refractivity contribution is -0.697. The van der Waals surface area contributed by atoms with Crippen molar-refractivity contribution in [1.82, 2.24) is 0 Å². The van der Waals surface area contributed by atoms with Gasteiger partial charge in [0.2, 0.25) is 0 Å². The molecule has 0 saturated carbocycles. The van der Waals surface area contributed by atoms with Crippen molar-refractivity contribution in [3.05, 3.63) is 60.2 Å². The number of aromatic nitrogens is 2. The van der Waals surface area contributed by atoms with Crippen LogP contribution >= 0.6 is 0 Å². The number of aryl methyl sites for hydroxylation is 2. The predicted octanol–water partition coefficient (Wildman–Crippen LogP) is -3.78. The van der Waals surface area contributed by atoms with Gasteiger partial charge in [-0.25, -0.2) is 9.13 Å². The van der Waals surface area contributed by atoms with Crippen LogP contribution in [0, 0.1) is 0 Å². The van der Waals surface area contributed by atoms with Crippen LogP contribution in [0.4, 0.5) is 0 Å². The van der Waals surface area contributed by atoms with Gasteiger partial charge in [-0.2, -0.15) is 0 Å². The molecule has 0 radical (unpaired) electrons. The second-order valence-corrected chi connectivity index (χ2v) is 6.43. The summed E-state index contributed by atoms with van der Waals surface area (Å²) in [5.41, 5.74) is 6.75. The van der Waals surface area contributed by atoms with Crippen molar-refractivity contribution in [3.8, 4) is 0 Å². The Balaban J connectivity index is 0.00000364. The summed E-state index contributed by atoms with van der Waals surface area (Å²) >= 11 is 0. The Morgan fingerprint density at radius 2 is 1.50 bits per heavy atom. The van der Waals surface area contributed by atoms with Gasteiger partial charge < -0.3 is 44.9 Å². The monoisotopic (exact) mass is 514 g/mol. The highest BCUT2D eigenvalue weighted by atomic mass is 79.9. The van der Waals surface area contributed by atoms with Gasteiger partial charge in [-0.3, -0.25) is 4.79 Å². The molecule has 0 aliphatic heterocycles. The second kappa shape index (κ2) is 15.2. The number of amides is 1. The van der Waals surface area contributed by atoms with E-state index in [2.05, 4.69) is 9.72 Å². The fourth-order valence-electron chi connectivity index (χ4n) is 2.87. The first-order valence-corrected chi connectivity index (χ1v) is 9.14. The summed E-state index contributed by atoms with van der Waals surface area (Å²) in [6.45, 7) is 1.92. The van der Waals surface area contributed by atoms with Crippen molar-refractivity contribution in [3.63, 3.8) is 0 Å². The first kappa shape index (κ1) is 26.2. The van der Waals surface area contributed by atoms with Gasteiger partial charge in [0, 0.05) is 36.6 Å². The molecule has 0 bridgehead atoms. The lowest BCUT2D eigenvalue weighted by Gasteiger charge is -2.01. The molecule has 6 nitrogen and oxygen atoms in total. The first-order chi connectivity index (χ1) is 12.7. The SMILES string of the molecule is NC(=O)c1ccc[n+](CCCCCCCC[n+]2ccc(/C=N/O)cc2)c1.[Br-].[Br-]. The molecular formula is C20H28Br2N4O2. The van der Waals surface area contributed by atoms with E-state index in [1.165, 1.54) is 31.9 Å². The lowest BCUT2D eigenvalue weighted by Crippen LogP contribution is -3.00. The van der Waals surface area contributed by atoms with E-state index < -0.39 is 0 Å². The molecule has 0 aliphatic carbocycles. The van der Waals surface area contributed by atoms with Crippen LogP contribution in [-0.4, -0.2) is 17.3 Å². The maximum atomic E-state index is 11.2. The molecule has 0 saturated heterocycles. The van der Waals surface area contributed by atoms with E-state index in [9.17, 15) is 4.79 Å². The molecule has 28 heavy (non-hydrogen) atoms. The summed E-state index contributed by atoms with van der Waals surface area (Å²) in [4.78, 5) is 11.2. The smallest absolute Gasteiger partial charge is 0.254 e. The summed E-state index contributed by atoms with van der Waals surface area (Å²) in [5, 5.41) is 11.5. The van der Waals surface area contributed by atoms with E-state index in [0.29, 0.717) is 5.56 Å². The highest BCUT2D eigenvalue weighted by molar-refractivity contribution is 5.92. The average molecular weight is 516 g/mol. The number of hydrogen-bond acceptors (Lipinski definition) is 3. The Morgan fingerprint density at radius 3 is 2.07 bits per heavy atom. The highest BCUT2D eigenvalue weighted by Crippen LogP contribution is 2.05. The molecule has 2 rings (SSSR count). The topological polar surface area (TPSA) is 83.4 Å². The molecule has 8 heteroatoms. The number of nitrogens with zero attached hydrogens (tertiary/aromatic N) is 3. The van der Waals surface area contributed by atoms with Crippen LogP contribution < -0.4 is 48.8 Å². The molecule has 0 atom stereocenters. The van der Waals surface area contributed by atoms with E-state index in [0.717, 1.165) is 31.5 Å². The van der Waals surface area contributed by atoms with Crippen LogP contribution in [0.15, 0.2) is 54.2 Å². The van der Waals surface area contributed by atoms with Gasteiger partial charge in [-0.15, -0.1) is 0 Å². The van der Waals surface area contributed by atoms with Crippen molar-refractivity contribution in [2.75, 3.05) is 0 Å². The zero-order valence-electron chi connectivity index (χ0n) is 15.9. The van der Waals surface area contributed by atoms with Crippen LogP contribution in [0.25, 0.3) is 0 Å². The van der Waals surface area contributed by atoms with Crippen LogP contribution in [0.3, 0.4) is 0 Å². The normalized spacial score (nSPS) is 10.3. The van der Waals surface area contributed by atoms with E-state index in [4.69, 9.17) is 10.9 Å². The van der Waals surface area contributed by atoms with E-state index in [-0.39, 0.29) is 39.9 Å². The van der Waals surface area contributed by atoms with Gasteiger partial charge in [0.25, 0.3) is 5.91 Å². The third kappa shape index (κ3) is 9.94. The van der Waals surface area contributed by atoms with Gasteiger partial charge >= 0.3 is 0 Å². The number of rotatable bonds is 11. The van der Waals surface area contributed by atoms with Crippen molar-refractivity contribution in [1.29, 1.82) is 0 Å². The zero-order valence-corrected chi connectivity index (χ0v) is 19.1. The molecule has 2 aromatic rings. The van der Waals surface area contributed by atoms with E-state index >= 15 is 0 Å². The summed E-state index contributed by atoms with van der Waals surface area (Å²) in [5.74, 6) is -0.381. The number of carbonyl (C=O) groups excluding carboxylic acids is 1. The second-order valence-electron chi connectivity index (χ2n) is 6.43. The molecule has 2 heterocycles. The number of primary amides is 1. The Kier molecular flexibility index (Phi) is 14.2. The Bertz CT molecular complexity index is 724. The van der Waals surface area contributed by atoms with Crippen LogP contribution in [0.1, 0.15) is 54.4 Å². The molecule has 0 fully saturated rings. The standard InChI is InChI=1S/C20H26N4O2.2BrH/c21-20(25)19-8-7-13-24(17-19)12-6-4-2-1-3-5-11-23-14-9-18(10-15-23)16-22-26;;/h7-10,13-17H,1-6,11-12H2,(H-,21,25);2*1H. The van der Waals surface area contributed by atoms with Crippen LogP contribution in [-0.2, 0) is 13.1 Å². The number of carbonyl (C=O) groups is 1. The Hall–Kier alpha value is -1.80. The summed E-state index contributed by atoms with van der Waals surface area (Å²) in [6.07, 6.45) is 16.4. The van der Waals surface area contributed by atoms with E-state index in [1.807, 2.05) is 47.6 Å². The molecule has 1 amide bonds. The maximum absolute atomic E-state index is 11.2. The number of halogens is 2. The third-order valence-corrected chi connectivity index (χ3v) is 4.35. The number of unbranched alkanes of at least 4 members (excludes halogenated alkanes) is 5. The largest absolute Gasteiger partial charge is 1.00 e. The summed E-state index contributed by atoms with van der Waals surface area (Å²) in [6, 6.07) is 7.47. The highest BCUT2D eigenvalue weighted by Gasteiger charge is 2.06. The van der Waals surface area contributed by atoms with Gasteiger partial charge in [0.1, 0.15) is 18.7 Å². The molecule has 0 aliphatic rings. The molecule has 0 spiro atoms. The Labute approximate surface area is 187 Å². The molecular weight excluding hydrogens is 488 g/mol. The molecule has 3 N–H and O–H groups in total. The van der Waals surface area contributed by atoms with Crippen LogP contribution in [0.5, 0.6) is 0 Å². The first-order valence-electron chi connectivity index (χ1n) is 9.14. The minimum atomic E-state index is -0.381. The average Bonchev–Trinajstić information content (AvgIpc) is 2.65. The van der Waals surface area contributed by atoms with Crippen molar-refractivity contribution < 1.29 is 53.1 Å². The summed E-state index contributed by atoms with van der Waals surface area (Å²) < 4.78 is 4.18. The molecule has 2 aromatic heterocycles. The fourth-order valence-corrected chi connectivity index (χ4v) is 2.87. The third-order valence-electron chi connectivity index (χ3n) is 4.35. The minimum absolute atomic E-state index is 0. The van der Waals surface area contributed by atoms with E-state index in [1.54, 1.807) is 6.07 Å². The quantitative estimate of drug-likeness (QED) is 0.106. The number of hydrogen-bond donors (Lipinski definition) is 2.